The predicted octanol–water partition coefficient (Wildman–Crippen LogP) is 2.28. The number of ether oxygens (including phenoxy) is 1. The molecule has 0 aromatic rings. The van der Waals surface area contributed by atoms with Crippen LogP contribution >= 0.6 is 0 Å². The van der Waals surface area contributed by atoms with E-state index in [9.17, 15) is 5.11 Å². The summed E-state index contributed by atoms with van der Waals surface area (Å²) in [5, 5.41) is 9.82. The van der Waals surface area contributed by atoms with Crippen LogP contribution in [-0.4, -0.2) is 49.0 Å². The maximum atomic E-state index is 9.82. The van der Waals surface area contributed by atoms with Crippen LogP contribution in [0.1, 0.15) is 46.5 Å². The summed E-state index contributed by atoms with van der Waals surface area (Å²) in [6, 6.07) is 0.638. The Morgan fingerprint density at radius 1 is 1.35 bits per heavy atom. The molecule has 0 radical (unpaired) electrons. The lowest BCUT2D eigenvalue weighted by Crippen LogP contribution is -2.42. The van der Waals surface area contributed by atoms with E-state index >= 15 is 0 Å². The summed E-state index contributed by atoms with van der Waals surface area (Å²) >= 11 is 0. The molecular weight excluding hydrogens is 214 g/mol. The van der Waals surface area contributed by atoms with E-state index in [4.69, 9.17) is 4.74 Å². The first-order chi connectivity index (χ1) is 7.94. The van der Waals surface area contributed by atoms with Gasteiger partial charge in [0.1, 0.15) is 0 Å². The largest absolute Gasteiger partial charge is 0.389 e. The lowest BCUT2D eigenvalue weighted by atomic mass is 9.75. The molecule has 0 heterocycles. The molecule has 3 heteroatoms. The highest BCUT2D eigenvalue weighted by atomic mass is 16.5. The minimum Gasteiger partial charge on any atom is -0.389 e. The summed E-state index contributed by atoms with van der Waals surface area (Å²) in [5.74, 6) is 0. The van der Waals surface area contributed by atoms with E-state index in [1.165, 1.54) is 25.7 Å². The minimum atomic E-state index is -0.352. The summed E-state index contributed by atoms with van der Waals surface area (Å²) in [4.78, 5) is 2.30. The molecule has 0 amide bonds. The molecule has 0 saturated heterocycles. The fourth-order valence-corrected chi connectivity index (χ4v) is 2.61. The zero-order chi connectivity index (χ0) is 12.9. The van der Waals surface area contributed by atoms with Crippen LogP contribution in [0.3, 0.4) is 0 Å². The van der Waals surface area contributed by atoms with Crippen molar-refractivity contribution in [1.82, 2.24) is 4.90 Å². The average molecular weight is 243 g/mol. The molecule has 0 bridgehead atoms. The zero-order valence-electron chi connectivity index (χ0n) is 11.9. The molecule has 3 nitrogen and oxygen atoms in total. The molecular formula is C14H29NO2. The number of likely N-dealkylation sites (N-methyl/N-ethyl adjacent to an activating group) is 1. The van der Waals surface area contributed by atoms with E-state index in [0.717, 1.165) is 6.54 Å². The molecule has 1 fully saturated rings. The summed E-state index contributed by atoms with van der Waals surface area (Å²) in [6.07, 6.45) is 4.75. The highest BCUT2D eigenvalue weighted by molar-refractivity contribution is 4.83. The van der Waals surface area contributed by atoms with Crippen molar-refractivity contribution in [1.29, 1.82) is 0 Å². The zero-order valence-corrected chi connectivity index (χ0v) is 11.9. The first-order valence-corrected chi connectivity index (χ1v) is 6.90. The van der Waals surface area contributed by atoms with Crippen molar-refractivity contribution in [2.24, 2.45) is 5.41 Å². The van der Waals surface area contributed by atoms with Crippen molar-refractivity contribution in [2.45, 2.75) is 58.6 Å². The molecule has 0 aliphatic heterocycles. The number of nitrogens with zero attached hydrogens (tertiary/aromatic N) is 1. The Hall–Kier alpha value is -0.120. The molecule has 1 atom stereocenters. The van der Waals surface area contributed by atoms with Gasteiger partial charge < -0.3 is 14.7 Å². The second-order valence-electron chi connectivity index (χ2n) is 6.15. The molecule has 1 aliphatic rings. The molecule has 1 aliphatic carbocycles. The van der Waals surface area contributed by atoms with Gasteiger partial charge in [-0.25, -0.2) is 0 Å². The van der Waals surface area contributed by atoms with Crippen molar-refractivity contribution in [3.8, 4) is 0 Å². The summed E-state index contributed by atoms with van der Waals surface area (Å²) in [5.41, 5.74) is 0.515. The van der Waals surface area contributed by atoms with Crippen molar-refractivity contribution < 1.29 is 9.84 Å². The Morgan fingerprint density at radius 2 is 1.94 bits per heavy atom. The first-order valence-electron chi connectivity index (χ1n) is 6.90. The van der Waals surface area contributed by atoms with Crippen LogP contribution in [0.15, 0.2) is 0 Å². The Labute approximate surface area is 106 Å². The topological polar surface area (TPSA) is 32.7 Å². The molecule has 17 heavy (non-hydrogen) atoms. The first kappa shape index (κ1) is 14.9. The van der Waals surface area contributed by atoms with Crippen LogP contribution in [0.2, 0.25) is 0 Å². The van der Waals surface area contributed by atoms with Gasteiger partial charge in [-0.15, -0.1) is 0 Å². The Balaban J connectivity index is 2.26. The summed E-state index contributed by atoms with van der Waals surface area (Å²) in [6.45, 7) is 8.53. The van der Waals surface area contributed by atoms with Crippen molar-refractivity contribution in [3.05, 3.63) is 0 Å². The SMILES string of the molecule is CCOCC(O)CN(C)C1CCC(C)(C)CC1. The minimum absolute atomic E-state index is 0.352. The van der Waals surface area contributed by atoms with Crippen molar-refractivity contribution in [2.75, 3.05) is 26.8 Å². The number of aliphatic hydroxyl groups is 1. The third-order valence-electron chi connectivity index (χ3n) is 3.95. The third-order valence-corrected chi connectivity index (χ3v) is 3.95. The standard InChI is InChI=1S/C14H29NO2/c1-5-17-11-13(16)10-15(4)12-6-8-14(2,3)9-7-12/h12-13,16H,5-11H2,1-4H3. The van der Waals surface area contributed by atoms with E-state index in [-0.39, 0.29) is 6.10 Å². The Kier molecular flexibility index (Phi) is 5.90. The van der Waals surface area contributed by atoms with Gasteiger partial charge in [-0.05, 0) is 45.1 Å². The fraction of sp³-hybridized carbons (Fsp3) is 1.00. The van der Waals surface area contributed by atoms with Crippen LogP contribution in [0.5, 0.6) is 0 Å². The monoisotopic (exact) mass is 243 g/mol. The van der Waals surface area contributed by atoms with Gasteiger partial charge >= 0.3 is 0 Å². The van der Waals surface area contributed by atoms with Crippen LogP contribution in [0.4, 0.5) is 0 Å². The van der Waals surface area contributed by atoms with E-state index in [1.54, 1.807) is 0 Å². The number of aliphatic hydroxyl groups excluding tert-OH is 1. The third kappa shape index (κ3) is 5.36. The van der Waals surface area contributed by atoms with Crippen LogP contribution < -0.4 is 0 Å². The second kappa shape index (κ2) is 6.72. The molecule has 1 saturated carbocycles. The summed E-state index contributed by atoms with van der Waals surface area (Å²) < 4.78 is 5.24. The van der Waals surface area contributed by atoms with E-state index in [1.807, 2.05) is 6.92 Å². The fourth-order valence-electron chi connectivity index (χ4n) is 2.61. The van der Waals surface area contributed by atoms with Crippen LogP contribution in [-0.2, 0) is 4.74 Å². The molecule has 1 N–H and O–H groups in total. The van der Waals surface area contributed by atoms with Gasteiger partial charge in [-0.1, -0.05) is 13.8 Å². The Morgan fingerprint density at radius 3 is 2.47 bits per heavy atom. The van der Waals surface area contributed by atoms with Gasteiger partial charge in [0.05, 0.1) is 12.7 Å². The normalized spacial score (nSPS) is 22.9. The molecule has 0 aromatic heterocycles. The lowest BCUT2D eigenvalue weighted by Gasteiger charge is -2.39. The predicted molar refractivity (Wildman–Crippen MR) is 71.2 cm³/mol. The van der Waals surface area contributed by atoms with E-state index in [2.05, 4.69) is 25.8 Å². The van der Waals surface area contributed by atoms with Crippen LogP contribution in [0.25, 0.3) is 0 Å². The maximum Gasteiger partial charge on any atom is 0.0900 e. The van der Waals surface area contributed by atoms with Gasteiger partial charge in [0, 0.05) is 19.2 Å². The van der Waals surface area contributed by atoms with Crippen molar-refractivity contribution in [3.63, 3.8) is 0 Å². The number of hydrogen-bond acceptors (Lipinski definition) is 3. The second-order valence-corrected chi connectivity index (χ2v) is 6.15. The van der Waals surface area contributed by atoms with E-state index < -0.39 is 0 Å². The smallest absolute Gasteiger partial charge is 0.0900 e. The lowest BCUT2D eigenvalue weighted by molar-refractivity contribution is 0.0109. The van der Waals surface area contributed by atoms with Crippen LogP contribution in [0, 0.1) is 5.41 Å². The highest BCUT2D eigenvalue weighted by Gasteiger charge is 2.29. The van der Waals surface area contributed by atoms with E-state index in [0.29, 0.717) is 24.7 Å². The molecule has 102 valence electrons. The molecule has 1 unspecified atom stereocenters. The number of hydrogen-bond donors (Lipinski definition) is 1. The van der Waals surface area contributed by atoms with Gasteiger partial charge in [0.15, 0.2) is 0 Å². The maximum absolute atomic E-state index is 9.82. The Bertz CT molecular complexity index is 208. The number of rotatable bonds is 6. The quantitative estimate of drug-likeness (QED) is 0.777. The van der Waals surface area contributed by atoms with Crippen molar-refractivity contribution >= 4 is 0 Å². The molecule has 1 rings (SSSR count). The van der Waals surface area contributed by atoms with Gasteiger partial charge in [0.25, 0.3) is 0 Å². The van der Waals surface area contributed by atoms with Gasteiger partial charge in [0.2, 0.25) is 0 Å². The molecule has 0 aromatic carbocycles. The summed E-state index contributed by atoms with van der Waals surface area (Å²) in [7, 11) is 2.12. The molecule has 0 spiro atoms. The van der Waals surface area contributed by atoms with Gasteiger partial charge in [-0.3, -0.25) is 0 Å². The average Bonchev–Trinajstić information content (AvgIpc) is 2.26. The van der Waals surface area contributed by atoms with Gasteiger partial charge in [-0.2, -0.15) is 0 Å². The highest BCUT2D eigenvalue weighted by Crippen LogP contribution is 2.36.